The normalized spacial score (nSPS) is 12.3. The van der Waals surface area contributed by atoms with Crippen LogP contribution in [0.1, 0.15) is 18.3 Å². The minimum atomic E-state index is -3.62. The van der Waals surface area contributed by atoms with Crippen LogP contribution in [0.3, 0.4) is 0 Å². The molecule has 0 radical (unpaired) electrons. The van der Waals surface area contributed by atoms with E-state index in [2.05, 4.69) is 10.2 Å². The molecule has 116 valence electrons. The smallest absolute Gasteiger partial charge is 0.246 e. The molecule has 0 saturated heterocycles. The third-order valence-corrected chi connectivity index (χ3v) is 5.36. The molecule has 0 amide bonds. The van der Waals surface area contributed by atoms with Gasteiger partial charge in [-0.15, -0.1) is 0 Å². The first kappa shape index (κ1) is 16.0. The molecular weight excluding hydrogens is 314 g/mol. The summed E-state index contributed by atoms with van der Waals surface area (Å²) >= 11 is 6.08. The van der Waals surface area contributed by atoms with Crippen molar-refractivity contribution in [1.29, 1.82) is 0 Å². The summed E-state index contributed by atoms with van der Waals surface area (Å²) in [5, 5.41) is 8.79. The lowest BCUT2D eigenvalue weighted by atomic mass is 10.4. The lowest BCUT2D eigenvalue weighted by Crippen LogP contribution is -2.27. The maximum atomic E-state index is 12.6. The lowest BCUT2D eigenvalue weighted by molar-refractivity contribution is 0.458. The van der Waals surface area contributed by atoms with Gasteiger partial charge in [-0.05, 0) is 13.8 Å². The van der Waals surface area contributed by atoms with Gasteiger partial charge in [0.2, 0.25) is 10.0 Å². The third kappa shape index (κ3) is 3.12. The van der Waals surface area contributed by atoms with Crippen molar-refractivity contribution in [3.05, 3.63) is 28.8 Å². The molecule has 21 heavy (non-hydrogen) atoms. The average molecular weight is 332 g/mol. The van der Waals surface area contributed by atoms with Crippen molar-refractivity contribution in [1.82, 2.24) is 23.9 Å². The van der Waals surface area contributed by atoms with E-state index in [9.17, 15) is 8.42 Å². The van der Waals surface area contributed by atoms with Gasteiger partial charge >= 0.3 is 0 Å². The van der Waals surface area contributed by atoms with Crippen molar-refractivity contribution in [2.24, 2.45) is 7.05 Å². The number of aryl methyl sites for hydroxylation is 3. The number of hydrogen-bond donors (Lipinski definition) is 0. The Bertz CT molecular complexity index is 750. The van der Waals surface area contributed by atoms with E-state index in [1.54, 1.807) is 24.9 Å². The van der Waals surface area contributed by atoms with Crippen LogP contribution in [-0.4, -0.2) is 39.3 Å². The maximum absolute atomic E-state index is 12.6. The zero-order chi connectivity index (χ0) is 15.8. The monoisotopic (exact) mass is 331 g/mol. The molecule has 0 N–H and O–H groups in total. The standard InChI is InChI=1S/C12H18ClN5O2S/c1-5-18-6-10(13)11(15-18)7-17(4)21(19,20)12-8-16(3)14-9(12)2/h6,8H,5,7H2,1-4H3. The zero-order valence-corrected chi connectivity index (χ0v) is 14.0. The van der Waals surface area contributed by atoms with E-state index in [-0.39, 0.29) is 11.4 Å². The highest BCUT2D eigenvalue weighted by molar-refractivity contribution is 7.89. The minimum absolute atomic E-state index is 0.114. The summed E-state index contributed by atoms with van der Waals surface area (Å²) in [6.45, 7) is 4.40. The van der Waals surface area contributed by atoms with Crippen LogP contribution in [0.15, 0.2) is 17.3 Å². The van der Waals surface area contributed by atoms with Gasteiger partial charge in [-0.2, -0.15) is 14.5 Å². The third-order valence-electron chi connectivity index (χ3n) is 3.14. The summed E-state index contributed by atoms with van der Waals surface area (Å²) in [7, 11) is -0.430. The van der Waals surface area contributed by atoms with E-state index in [1.165, 1.54) is 22.2 Å². The highest BCUT2D eigenvalue weighted by atomic mass is 35.5. The van der Waals surface area contributed by atoms with Gasteiger partial charge in [0.05, 0.1) is 23.0 Å². The van der Waals surface area contributed by atoms with E-state index in [4.69, 9.17) is 11.6 Å². The van der Waals surface area contributed by atoms with Crippen LogP contribution in [0.5, 0.6) is 0 Å². The lowest BCUT2D eigenvalue weighted by Gasteiger charge is -2.15. The fourth-order valence-electron chi connectivity index (χ4n) is 2.00. The molecule has 9 heteroatoms. The van der Waals surface area contributed by atoms with E-state index in [0.717, 1.165) is 0 Å². The Morgan fingerprint density at radius 2 is 2.00 bits per heavy atom. The summed E-state index contributed by atoms with van der Waals surface area (Å²) in [6.07, 6.45) is 3.18. The van der Waals surface area contributed by atoms with Crippen molar-refractivity contribution in [3.63, 3.8) is 0 Å². The number of halogens is 1. The van der Waals surface area contributed by atoms with Crippen LogP contribution in [0.2, 0.25) is 5.02 Å². The molecule has 0 spiro atoms. The molecule has 2 rings (SSSR count). The Morgan fingerprint density at radius 1 is 1.33 bits per heavy atom. The number of aromatic nitrogens is 4. The largest absolute Gasteiger partial charge is 0.274 e. The molecule has 0 fully saturated rings. The van der Waals surface area contributed by atoms with Gasteiger partial charge in [0.15, 0.2) is 0 Å². The summed E-state index contributed by atoms with van der Waals surface area (Å²) in [5.74, 6) is 0. The van der Waals surface area contributed by atoms with E-state index in [0.29, 0.717) is 23.0 Å². The second-order valence-corrected chi connectivity index (χ2v) is 7.21. The highest BCUT2D eigenvalue weighted by Crippen LogP contribution is 2.21. The predicted octanol–water partition coefficient (Wildman–Crippen LogP) is 1.42. The Morgan fingerprint density at radius 3 is 2.48 bits per heavy atom. The predicted molar refractivity (Wildman–Crippen MR) is 79.5 cm³/mol. The second-order valence-electron chi connectivity index (χ2n) is 4.79. The number of rotatable bonds is 5. The van der Waals surface area contributed by atoms with Gasteiger partial charge in [-0.25, -0.2) is 8.42 Å². The summed E-state index contributed by atoms with van der Waals surface area (Å²) in [5.41, 5.74) is 1.00. The van der Waals surface area contributed by atoms with Crippen molar-refractivity contribution in [2.45, 2.75) is 31.8 Å². The highest BCUT2D eigenvalue weighted by Gasteiger charge is 2.26. The Balaban J connectivity index is 2.28. The summed E-state index contributed by atoms with van der Waals surface area (Å²) in [4.78, 5) is 0.193. The van der Waals surface area contributed by atoms with E-state index < -0.39 is 10.0 Å². The minimum Gasteiger partial charge on any atom is -0.274 e. The number of sulfonamides is 1. The molecule has 2 aromatic heterocycles. The Kier molecular flexibility index (Phi) is 4.40. The molecule has 7 nitrogen and oxygen atoms in total. The van der Waals surface area contributed by atoms with Crippen LogP contribution >= 0.6 is 11.6 Å². The average Bonchev–Trinajstić information content (AvgIpc) is 2.92. The van der Waals surface area contributed by atoms with Gasteiger partial charge in [0.25, 0.3) is 0 Å². The van der Waals surface area contributed by atoms with Crippen molar-refractivity contribution in [3.8, 4) is 0 Å². The molecule has 0 aliphatic heterocycles. The van der Waals surface area contributed by atoms with Gasteiger partial charge < -0.3 is 0 Å². The van der Waals surface area contributed by atoms with E-state index >= 15 is 0 Å². The molecule has 0 aromatic carbocycles. The van der Waals surface area contributed by atoms with Crippen LogP contribution in [0, 0.1) is 6.92 Å². The van der Waals surface area contributed by atoms with Gasteiger partial charge in [-0.1, -0.05) is 11.6 Å². The molecule has 0 saturated carbocycles. The topological polar surface area (TPSA) is 73.0 Å². The zero-order valence-electron chi connectivity index (χ0n) is 12.4. The SMILES string of the molecule is CCn1cc(Cl)c(CN(C)S(=O)(=O)c2cn(C)nc2C)n1. The van der Waals surface area contributed by atoms with Crippen LogP contribution in [0.4, 0.5) is 0 Å². The molecule has 0 unspecified atom stereocenters. The molecular formula is C12H18ClN5O2S. The Labute approximate surface area is 129 Å². The van der Waals surface area contributed by atoms with Crippen molar-refractivity contribution < 1.29 is 8.42 Å². The van der Waals surface area contributed by atoms with Crippen LogP contribution < -0.4 is 0 Å². The van der Waals surface area contributed by atoms with Gasteiger partial charge in [0, 0.05) is 33.0 Å². The van der Waals surface area contributed by atoms with E-state index in [1.807, 2.05) is 6.92 Å². The fraction of sp³-hybridized carbons (Fsp3) is 0.500. The maximum Gasteiger partial charge on any atom is 0.246 e. The van der Waals surface area contributed by atoms with Gasteiger partial charge in [0.1, 0.15) is 4.90 Å². The molecule has 0 bridgehead atoms. The first-order valence-corrected chi connectivity index (χ1v) is 8.26. The summed E-state index contributed by atoms with van der Waals surface area (Å²) < 4.78 is 29.5. The number of hydrogen-bond acceptors (Lipinski definition) is 4. The second kappa shape index (κ2) is 5.78. The first-order valence-electron chi connectivity index (χ1n) is 6.44. The number of nitrogens with zero attached hydrogens (tertiary/aromatic N) is 5. The first-order chi connectivity index (χ1) is 9.75. The fourth-order valence-corrected chi connectivity index (χ4v) is 3.54. The van der Waals surface area contributed by atoms with Gasteiger partial charge in [-0.3, -0.25) is 9.36 Å². The van der Waals surface area contributed by atoms with Crippen molar-refractivity contribution >= 4 is 21.6 Å². The van der Waals surface area contributed by atoms with Crippen LogP contribution in [0.25, 0.3) is 0 Å². The molecule has 0 atom stereocenters. The molecule has 2 aromatic rings. The molecule has 2 heterocycles. The summed E-state index contributed by atoms with van der Waals surface area (Å²) in [6, 6.07) is 0. The molecule has 0 aliphatic carbocycles. The molecule has 0 aliphatic rings. The Hall–Kier alpha value is -1.38. The van der Waals surface area contributed by atoms with Crippen molar-refractivity contribution in [2.75, 3.05) is 7.05 Å². The van der Waals surface area contributed by atoms with Crippen LogP contribution in [-0.2, 0) is 30.2 Å². The quantitative estimate of drug-likeness (QED) is 0.830.